The molecule has 1 aliphatic rings. The van der Waals surface area contributed by atoms with Gasteiger partial charge in [-0.3, -0.25) is 0 Å². The minimum absolute atomic E-state index is 0.558. The van der Waals surface area contributed by atoms with Crippen molar-refractivity contribution in [1.82, 2.24) is 10.6 Å². The highest BCUT2D eigenvalue weighted by Gasteiger charge is 1.98. The summed E-state index contributed by atoms with van der Waals surface area (Å²) in [6.07, 6.45) is 3.22. The van der Waals surface area contributed by atoms with Crippen molar-refractivity contribution in [1.29, 1.82) is 0 Å². The van der Waals surface area contributed by atoms with Crippen LogP contribution in [-0.4, -0.2) is 41.8 Å². The fourth-order valence-electron chi connectivity index (χ4n) is 0.944. The molecular weight excluding hydrogens is 212 g/mol. The minimum atomic E-state index is -1.26. The smallest absolute Gasteiger partial charge is 0.328 e. The zero-order valence-electron chi connectivity index (χ0n) is 9.06. The van der Waals surface area contributed by atoms with E-state index in [0.29, 0.717) is 12.2 Å². The highest BCUT2D eigenvalue weighted by molar-refractivity contribution is 5.89. The maximum absolute atomic E-state index is 9.55. The Bertz CT molecular complexity index is 273. The van der Waals surface area contributed by atoms with E-state index in [2.05, 4.69) is 23.6 Å². The van der Waals surface area contributed by atoms with Gasteiger partial charge in [0.25, 0.3) is 0 Å². The highest BCUT2D eigenvalue weighted by Crippen LogP contribution is 1.88. The third-order valence-corrected chi connectivity index (χ3v) is 1.69. The Morgan fingerprint density at radius 1 is 1.19 bits per heavy atom. The topological polar surface area (TPSA) is 98.7 Å². The number of carboxylic acids is 2. The van der Waals surface area contributed by atoms with Crippen LogP contribution in [0.15, 0.2) is 23.9 Å². The lowest BCUT2D eigenvalue weighted by Gasteiger charge is -2.17. The number of hydrogen-bond donors (Lipinski definition) is 4. The van der Waals surface area contributed by atoms with Crippen LogP contribution in [0.3, 0.4) is 0 Å². The molecule has 1 fully saturated rings. The van der Waals surface area contributed by atoms with E-state index in [9.17, 15) is 9.59 Å². The second kappa shape index (κ2) is 8.49. The van der Waals surface area contributed by atoms with Gasteiger partial charge in [-0.25, -0.2) is 9.59 Å². The van der Waals surface area contributed by atoms with Crippen molar-refractivity contribution in [3.8, 4) is 0 Å². The van der Waals surface area contributed by atoms with Crippen LogP contribution < -0.4 is 10.6 Å². The van der Waals surface area contributed by atoms with Gasteiger partial charge in [0.15, 0.2) is 0 Å². The third kappa shape index (κ3) is 8.76. The van der Waals surface area contributed by atoms with Crippen molar-refractivity contribution in [2.24, 2.45) is 0 Å². The van der Waals surface area contributed by atoms with Crippen molar-refractivity contribution >= 4 is 11.9 Å². The van der Waals surface area contributed by atoms with Gasteiger partial charge in [0.1, 0.15) is 0 Å². The molecule has 4 N–H and O–H groups in total. The number of allylic oxidation sites excluding steroid dienone is 1. The van der Waals surface area contributed by atoms with Crippen LogP contribution in [0.4, 0.5) is 0 Å². The number of rotatable bonds is 2. The van der Waals surface area contributed by atoms with Crippen molar-refractivity contribution in [3.63, 3.8) is 0 Å². The molecule has 0 saturated carbocycles. The summed E-state index contributed by atoms with van der Waals surface area (Å²) in [7, 11) is 0. The van der Waals surface area contributed by atoms with Gasteiger partial charge in [0.05, 0.1) is 0 Å². The average molecular weight is 228 g/mol. The second-order valence-corrected chi connectivity index (χ2v) is 2.93. The number of hydrogen-bond acceptors (Lipinski definition) is 4. The molecule has 0 aromatic heterocycles. The lowest BCUT2D eigenvalue weighted by molar-refractivity contribution is -0.134. The van der Waals surface area contributed by atoms with Gasteiger partial charge >= 0.3 is 11.9 Å². The Labute approximate surface area is 93.7 Å². The molecule has 0 radical (unpaired) electrons. The molecule has 6 nitrogen and oxygen atoms in total. The van der Waals surface area contributed by atoms with Crippen LogP contribution in [0, 0.1) is 0 Å². The van der Waals surface area contributed by atoms with E-state index in [-0.39, 0.29) is 0 Å². The molecule has 6 heteroatoms. The Hall–Kier alpha value is -1.82. The molecule has 0 aliphatic carbocycles. The maximum Gasteiger partial charge on any atom is 0.328 e. The Morgan fingerprint density at radius 3 is 2.00 bits per heavy atom. The predicted molar refractivity (Wildman–Crippen MR) is 59.0 cm³/mol. The molecule has 1 rings (SSSR count). The van der Waals surface area contributed by atoms with Crippen molar-refractivity contribution in [2.75, 3.05) is 19.6 Å². The summed E-state index contributed by atoms with van der Waals surface area (Å²) >= 11 is 0. The molecule has 16 heavy (non-hydrogen) atoms. The van der Waals surface area contributed by atoms with Gasteiger partial charge in [-0.05, 0) is 6.92 Å². The highest BCUT2D eigenvalue weighted by atomic mass is 16.4. The second-order valence-electron chi connectivity index (χ2n) is 2.93. The first-order valence-corrected chi connectivity index (χ1v) is 4.80. The molecule has 0 unspecified atom stereocenters. The summed E-state index contributed by atoms with van der Waals surface area (Å²) in [5.41, 5.74) is 1.32. The van der Waals surface area contributed by atoms with E-state index < -0.39 is 11.9 Å². The number of carboxylic acid groups (broad SMARTS) is 2. The number of carbonyl (C=O) groups is 2. The monoisotopic (exact) mass is 228 g/mol. The Morgan fingerprint density at radius 2 is 1.75 bits per heavy atom. The largest absolute Gasteiger partial charge is 0.478 e. The molecular formula is C10H16N2O4. The van der Waals surface area contributed by atoms with Crippen molar-refractivity contribution in [3.05, 3.63) is 23.9 Å². The molecule has 0 bridgehead atoms. The summed E-state index contributed by atoms with van der Waals surface area (Å²) in [5, 5.41) is 22.1. The van der Waals surface area contributed by atoms with Crippen LogP contribution >= 0.6 is 0 Å². The predicted octanol–water partition coefficient (Wildman–Crippen LogP) is -0.205. The fourth-order valence-corrected chi connectivity index (χ4v) is 0.944. The molecule has 0 atom stereocenters. The van der Waals surface area contributed by atoms with Gasteiger partial charge in [-0.15, -0.1) is 0 Å². The third-order valence-electron chi connectivity index (χ3n) is 1.69. The quantitative estimate of drug-likeness (QED) is 0.488. The molecule has 90 valence electrons. The van der Waals surface area contributed by atoms with Crippen LogP contribution in [0.5, 0.6) is 0 Å². The normalized spacial score (nSPS) is 17.4. The van der Waals surface area contributed by atoms with E-state index in [0.717, 1.165) is 19.6 Å². The first-order chi connectivity index (χ1) is 7.56. The lowest BCUT2D eigenvalue weighted by Crippen LogP contribution is -2.37. The molecule has 0 aromatic carbocycles. The molecule has 1 saturated heterocycles. The van der Waals surface area contributed by atoms with Gasteiger partial charge in [0, 0.05) is 37.5 Å². The molecule has 1 aliphatic heterocycles. The van der Waals surface area contributed by atoms with E-state index in [1.165, 1.54) is 5.70 Å². The SMILES string of the molecule is C/C=C1/CNCCN1.O=C(O)/C=C/C(=O)O. The van der Waals surface area contributed by atoms with Gasteiger partial charge < -0.3 is 20.8 Å². The maximum atomic E-state index is 9.55. The van der Waals surface area contributed by atoms with Gasteiger partial charge in [-0.2, -0.15) is 0 Å². The van der Waals surface area contributed by atoms with Crippen molar-refractivity contribution < 1.29 is 19.8 Å². The minimum Gasteiger partial charge on any atom is -0.478 e. The standard InChI is InChI=1S/C6H12N2.C4H4O4/c1-2-6-5-7-3-4-8-6;5-3(6)1-2-4(7)8/h2,7-8H,3-5H2,1H3;1-2H,(H,5,6)(H,7,8)/b6-2-;2-1+. The summed E-state index contributed by atoms with van der Waals surface area (Å²) in [6, 6.07) is 0. The fraction of sp³-hybridized carbons (Fsp3) is 0.400. The average Bonchev–Trinajstić information content (AvgIpc) is 2.28. The summed E-state index contributed by atoms with van der Waals surface area (Å²) in [5.74, 6) is -2.51. The number of piperazine rings is 1. The molecule has 0 aromatic rings. The molecule has 0 spiro atoms. The van der Waals surface area contributed by atoms with Crippen LogP contribution in [-0.2, 0) is 9.59 Å². The van der Waals surface area contributed by atoms with Crippen LogP contribution in [0.1, 0.15) is 6.92 Å². The lowest BCUT2D eigenvalue weighted by atomic mass is 10.3. The summed E-state index contributed by atoms with van der Waals surface area (Å²) in [6.45, 7) is 5.23. The first kappa shape index (κ1) is 14.2. The van der Waals surface area contributed by atoms with Crippen LogP contribution in [0.25, 0.3) is 0 Å². The van der Waals surface area contributed by atoms with Gasteiger partial charge in [0.2, 0.25) is 0 Å². The zero-order chi connectivity index (χ0) is 12.4. The summed E-state index contributed by atoms with van der Waals surface area (Å²) in [4.78, 5) is 19.1. The number of nitrogens with one attached hydrogen (secondary N) is 2. The Balaban J connectivity index is 0.000000281. The summed E-state index contributed by atoms with van der Waals surface area (Å²) < 4.78 is 0. The van der Waals surface area contributed by atoms with Crippen molar-refractivity contribution in [2.45, 2.75) is 6.92 Å². The first-order valence-electron chi connectivity index (χ1n) is 4.80. The Kier molecular flexibility index (Phi) is 7.52. The van der Waals surface area contributed by atoms with E-state index in [1.807, 2.05) is 0 Å². The molecule has 1 heterocycles. The number of aliphatic carboxylic acids is 2. The zero-order valence-corrected chi connectivity index (χ0v) is 9.06. The van der Waals surface area contributed by atoms with Gasteiger partial charge in [-0.1, -0.05) is 6.08 Å². The van der Waals surface area contributed by atoms with E-state index in [1.54, 1.807) is 0 Å². The van der Waals surface area contributed by atoms with Crippen LogP contribution in [0.2, 0.25) is 0 Å². The van der Waals surface area contributed by atoms with E-state index >= 15 is 0 Å². The van der Waals surface area contributed by atoms with E-state index in [4.69, 9.17) is 10.2 Å². The molecule has 0 amide bonds.